The molecule has 1 heterocycles. The van der Waals surface area contributed by atoms with Crippen LogP contribution in [0.2, 0.25) is 0 Å². The third-order valence-corrected chi connectivity index (χ3v) is 3.44. The van der Waals surface area contributed by atoms with E-state index < -0.39 is 5.82 Å². The number of carbonyl (C=O) groups excluding carboxylic acids is 1. The van der Waals surface area contributed by atoms with E-state index in [1.807, 2.05) is 0 Å². The lowest BCUT2D eigenvalue weighted by Gasteiger charge is -2.09. The summed E-state index contributed by atoms with van der Waals surface area (Å²) in [5.74, 6) is 0.376. The van der Waals surface area contributed by atoms with Crippen LogP contribution in [0.3, 0.4) is 0 Å². The zero-order valence-corrected chi connectivity index (χ0v) is 13.9. The highest BCUT2D eigenvalue weighted by molar-refractivity contribution is 5.77. The number of ether oxygens (including phenoxy) is 2. The number of para-hydroxylation sites is 2. The largest absolute Gasteiger partial charge is 0.493 e. The summed E-state index contributed by atoms with van der Waals surface area (Å²) >= 11 is 0. The summed E-state index contributed by atoms with van der Waals surface area (Å²) in [5.41, 5.74) is 0.206. The van der Waals surface area contributed by atoms with Crippen LogP contribution in [-0.4, -0.2) is 29.8 Å². The molecule has 1 N–H and O–H groups in total. The van der Waals surface area contributed by atoms with Crippen LogP contribution in [0.15, 0.2) is 52.9 Å². The summed E-state index contributed by atoms with van der Waals surface area (Å²) < 4.78 is 29.6. The topological polar surface area (TPSA) is 86.5 Å². The number of nitrogens with zero attached hydrogens (tertiary/aromatic N) is 2. The molecule has 26 heavy (non-hydrogen) atoms. The first-order valence-electron chi connectivity index (χ1n) is 7.77. The number of hydrogen-bond acceptors (Lipinski definition) is 6. The van der Waals surface area contributed by atoms with Crippen molar-refractivity contribution in [1.82, 2.24) is 15.5 Å². The van der Waals surface area contributed by atoms with Crippen molar-refractivity contribution in [2.45, 2.75) is 6.54 Å². The first-order chi connectivity index (χ1) is 12.7. The van der Waals surface area contributed by atoms with Gasteiger partial charge in [-0.25, -0.2) is 4.39 Å². The quantitative estimate of drug-likeness (QED) is 0.699. The van der Waals surface area contributed by atoms with Crippen LogP contribution in [0.4, 0.5) is 4.39 Å². The summed E-state index contributed by atoms with van der Waals surface area (Å²) in [6.45, 7) is -0.190. The van der Waals surface area contributed by atoms with E-state index in [1.165, 1.54) is 19.2 Å². The number of nitrogens with one attached hydrogen (secondary N) is 1. The lowest BCUT2D eigenvalue weighted by Crippen LogP contribution is -2.28. The van der Waals surface area contributed by atoms with E-state index in [1.54, 1.807) is 36.4 Å². The van der Waals surface area contributed by atoms with Crippen molar-refractivity contribution < 1.29 is 23.1 Å². The van der Waals surface area contributed by atoms with Gasteiger partial charge >= 0.3 is 0 Å². The molecule has 0 spiro atoms. The lowest BCUT2D eigenvalue weighted by atomic mass is 10.2. The Bertz CT molecular complexity index is 897. The number of carbonyl (C=O) groups is 1. The standard InChI is InChI=1S/C18H16FN3O4/c1-24-14-8-4-5-9-15(14)25-11-16(23)20-10-17-21-22-18(26-17)12-6-2-3-7-13(12)19/h2-9H,10-11H2,1H3,(H,20,23). The Labute approximate surface area is 148 Å². The molecule has 0 unspecified atom stereocenters. The van der Waals surface area contributed by atoms with E-state index in [4.69, 9.17) is 13.9 Å². The Kier molecular flexibility index (Phi) is 5.43. The summed E-state index contributed by atoms with van der Waals surface area (Å²) in [4.78, 5) is 11.9. The SMILES string of the molecule is COc1ccccc1OCC(=O)NCc1nnc(-c2ccccc2F)o1. The molecule has 3 rings (SSSR count). The van der Waals surface area contributed by atoms with Crippen LogP contribution in [0, 0.1) is 5.82 Å². The van der Waals surface area contributed by atoms with Crippen molar-refractivity contribution in [3.05, 3.63) is 60.2 Å². The van der Waals surface area contributed by atoms with Gasteiger partial charge in [0.1, 0.15) is 5.82 Å². The average molecular weight is 357 g/mol. The fourth-order valence-electron chi connectivity index (χ4n) is 2.18. The third kappa shape index (κ3) is 4.15. The van der Waals surface area contributed by atoms with E-state index in [-0.39, 0.29) is 36.4 Å². The molecule has 0 atom stereocenters. The molecule has 0 aliphatic carbocycles. The first kappa shape index (κ1) is 17.4. The van der Waals surface area contributed by atoms with Gasteiger partial charge in [-0.15, -0.1) is 10.2 Å². The van der Waals surface area contributed by atoms with Gasteiger partial charge in [0.15, 0.2) is 18.1 Å². The fourth-order valence-corrected chi connectivity index (χ4v) is 2.18. The fraction of sp³-hybridized carbons (Fsp3) is 0.167. The molecule has 0 bridgehead atoms. The predicted molar refractivity (Wildman–Crippen MR) is 90.0 cm³/mol. The minimum atomic E-state index is -0.461. The molecule has 1 amide bonds. The number of rotatable bonds is 7. The Morgan fingerprint density at radius 1 is 1.12 bits per heavy atom. The van der Waals surface area contributed by atoms with Crippen molar-refractivity contribution in [1.29, 1.82) is 0 Å². The molecule has 0 aliphatic heterocycles. The second-order valence-electron chi connectivity index (χ2n) is 5.20. The monoisotopic (exact) mass is 357 g/mol. The van der Waals surface area contributed by atoms with Crippen LogP contribution in [0.25, 0.3) is 11.5 Å². The highest BCUT2D eigenvalue weighted by Gasteiger charge is 2.13. The normalized spacial score (nSPS) is 10.4. The lowest BCUT2D eigenvalue weighted by molar-refractivity contribution is -0.123. The average Bonchev–Trinajstić information content (AvgIpc) is 3.14. The van der Waals surface area contributed by atoms with Crippen LogP contribution in [-0.2, 0) is 11.3 Å². The Morgan fingerprint density at radius 3 is 2.62 bits per heavy atom. The molecule has 0 aliphatic rings. The minimum Gasteiger partial charge on any atom is -0.493 e. The van der Waals surface area contributed by atoms with Crippen molar-refractivity contribution >= 4 is 5.91 Å². The number of aromatic nitrogens is 2. The van der Waals surface area contributed by atoms with Gasteiger partial charge in [-0.1, -0.05) is 24.3 Å². The minimum absolute atomic E-state index is 0.00949. The van der Waals surface area contributed by atoms with Crippen LogP contribution in [0.1, 0.15) is 5.89 Å². The Hall–Kier alpha value is -3.42. The predicted octanol–water partition coefficient (Wildman–Crippen LogP) is 2.58. The molecule has 2 aromatic carbocycles. The smallest absolute Gasteiger partial charge is 0.258 e. The van der Waals surface area contributed by atoms with Crippen LogP contribution in [0.5, 0.6) is 11.5 Å². The van der Waals surface area contributed by atoms with E-state index in [2.05, 4.69) is 15.5 Å². The Morgan fingerprint density at radius 2 is 1.85 bits per heavy atom. The first-order valence-corrected chi connectivity index (χ1v) is 7.77. The number of benzene rings is 2. The second-order valence-corrected chi connectivity index (χ2v) is 5.20. The highest BCUT2D eigenvalue weighted by Crippen LogP contribution is 2.25. The molecular weight excluding hydrogens is 341 g/mol. The van der Waals surface area contributed by atoms with E-state index in [0.717, 1.165) is 0 Å². The zero-order chi connectivity index (χ0) is 18.4. The molecule has 8 heteroatoms. The molecule has 7 nitrogen and oxygen atoms in total. The van der Waals surface area contributed by atoms with Gasteiger partial charge < -0.3 is 19.2 Å². The van der Waals surface area contributed by atoms with E-state index >= 15 is 0 Å². The molecule has 0 saturated heterocycles. The molecule has 0 radical (unpaired) electrons. The summed E-state index contributed by atoms with van der Waals surface area (Å²) in [6, 6.07) is 13.1. The van der Waals surface area contributed by atoms with Gasteiger partial charge in [0, 0.05) is 0 Å². The van der Waals surface area contributed by atoms with Crippen molar-refractivity contribution in [2.75, 3.05) is 13.7 Å². The van der Waals surface area contributed by atoms with E-state index in [0.29, 0.717) is 11.5 Å². The van der Waals surface area contributed by atoms with Crippen LogP contribution < -0.4 is 14.8 Å². The maximum Gasteiger partial charge on any atom is 0.258 e. The summed E-state index contributed by atoms with van der Waals surface area (Å²) in [7, 11) is 1.52. The molecule has 0 fully saturated rings. The number of methoxy groups -OCH3 is 1. The molecule has 134 valence electrons. The van der Waals surface area contributed by atoms with Gasteiger partial charge in [0.05, 0.1) is 19.2 Å². The van der Waals surface area contributed by atoms with Gasteiger partial charge in [0.25, 0.3) is 11.8 Å². The highest BCUT2D eigenvalue weighted by atomic mass is 19.1. The van der Waals surface area contributed by atoms with Crippen molar-refractivity contribution in [3.63, 3.8) is 0 Å². The summed E-state index contributed by atoms with van der Waals surface area (Å²) in [5, 5.41) is 10.2. The van der Waals surface area contributed by atoms with Gasteiger partial charge in [0.2, 0.25) is 5.89 Å². The maximum atomic E-state index is 13.7. The molecule has 3 aromatic rings. The molecular formula is C18H16FN3O4. The maximum absolute atomic E-state index is 13.7. The van der Waals surface area contributed by atoms with Gasteiger partial charge in [-0.05, 0) is 24.3 Å². The van der Waals surface area contributed by atoms with Crippen molar-refractivity contribution in [2.24, 2.45) is 0 Å². The van der Waals surface area contributed by atoms with Gasteiger partial charge in [-0.2, -0.15) is 0 Å². The number of hydrogen-bond donors (Lipinski definition) is 1. The van der Waals surface area contributed by atoms with E-state index in [9.17, 15) is 9.18 Å². The third-order valence-electron chi connectivity index (χ3n) is 3.44. The van der Waals surface area contributed by atoms with Crippen molar-refractivity contribution in [3.8, 4) is 23.0 Å². The zero-order valence-electron chi connectivity index (χ0n) is 13.9. The molecule has 1 aromatic heterocycles. The molecule has 0 saturated carbocycles. The van der Waals surface area contributed by atoms with Crippen LogP contribution >= 0.6 is 0 Å². The van der Waals surface area contributed by atoms with Gasteiger partial charge in [-0.3, -0.25) is 4.79 Å². The number of amides is 1. The number of halogens is 1. The second kappa shape index (κ2) is 8.11. The summed E-state index contributed by atoms with van der Waals surface area (Å²) in [6.07, 6.45) is 0. The Balaban J connectivity index is 1.53.